The van der Waals surface area contributed by atoms with Gasteiger partial charge in [-0.15, -0.1) is 0 Å². The molecule has 1 saturated carbocycles. The summed E-state index contributed by atoms with van der Waals surface area (Å²) in [5.41, 5.74) is 6.46. The van der Waals surface area contributed by atoms with Crippen LogP contribution in [0.4, 0.5) is 14.5 Å². The molecule has 12 heteroatoms. The maximum Gasteiger partial charge on any atom is 0.387 e. The van der Waals surface area contributed by atoms with Gasteiger partial charge < -0.3 is 14.2 Å². The van der Waals surface area contributed by atoms with E-state index in [2.05, 4.69) is 40.2 Å². The smallest absolute Gasteiger partial charge is 0.387 e. The van der Waals surface area contributed by atoms with Crippen molar-refractivity contribution in [1.29, 1.82) is 0 Å². The van der Waals surface area contributed by atoms with E-state index in [9.17, 15) is 22.0 Å². The SMILES string of the molecule is Cc1ccccc1-c1noc(C2CC2)c1C1=CC2(CCN(c3ccc4nc(C(=O)NS(C)(=O)=O)cc(OC(F)F)c4c3)CC2)C1. The van der Waals surface area contributed by atoms with Crippen LogP contribution in [-0.4, -0.2) is 50.4 Å². The first-order valence-corrected chi connectivity index (χ1v) is 16.8. The van der Waals surface area contributed by atoms with Gasteiger partial charge in [0.05, 0.1) is 11.8 Å². The number of benzene rings is 2. The minimum atomic E-state index is -3.87. The van der Waals surface area contributed by atoms with Gasteiger partial charge in [0.1, 0.15) is 22.9 Å². The largest absolute Gasteiger partial charge is 0.434 e. The molecule has 9 nitrogen and oxygen atoms in total. The van der Waals surface area contributed by atoms with Gasteiger partial charge in [0.2, 0.25) is 10.0 Å². The minimum absolute atomic E-state index is 0.0805. The van der Waals surface area contributed by atoms with E-state index in [1.807, 2.05) is 18.2 Å². The Bertz CT molecular complexity index is 1960. The predicted molar refractivity (Wildman–Crippen MR) is 166 cm³/mol. The first-order chi connectivity index (χ1) is 21.5. The summed E-state index contributed by atoms with van der Waals surface area (Å²) in [5, 5.41) is 4.85. The zero-order chi connectivity index (χ0) is 31.5. The van der Waals surface area contributed by atoms with Gasteiger partial charge in [-0.2, -0.15) is 8.78 Å². The Balaban J connectivity index is 1.12. The minimum Gasteiger partial charge on any atom is -0.434 e. The molecule has 1 spiro atoms. The summed E-state index contributed by atoms with van der Waals surface area (Å²) >= 11 is 0. The second-order valence-electron chi connectivity index (χ2n) is 12.3. The lowest BCUT2D eigenvalue weighted by atomic mass is 9.63. The van der Waals surface area contributed by atoms with Crippen LogP contribution in [0.5, 0.6) is 5.75 Å². The molecule has 3 aliphatic rings. The van der Waals surface area contributed by atoms with Crippen LogP contribution in [0.25, 0.3) is 27.7 Å². The summed E-state index contributed by atoms with van der Waals surface area (Å²) in [6.45, 7) is 0.493. The molecule has 1 saturated heterocycles. The van der Waals surface area contributed by atoms with Crippen LogP contribution in [0.15, 0.2) is 59.1 Å². The molecule has 1 aliphatic heterocycles. The molecule has 2 fully saturated rings. The van der Waals surface area contributed by atoms with Crippen molar-refractivity contribution in [3.05, 3.63) is 77.2 Å². The van der Waals surface area contributed by atoms with E-state index in [-0.39, 0.29) is 22.4 Å². The van der Waals surface area contributed by atoms with Crippen molar-refractivity contribution in [2.24, 2.45) is 5.41 Å². The molecular weight excluding hydrogens is 602 g/mol. The van der Waals surface area contributed by atoms with Gasteiger partial charge in [0, 0.05) is 47.3 Å². The van der Waals surface area contributed by atoms with E-state index < -0.39 is 22.5 Å². The highest BCUT2D eigenvalue weighted by molar-refractivity contribution is 7.89. The number of hydrogen-bond donors (Lipinski definition) is 1. The van der Waals surface area contributed by atoms with Gasteiger partial charge in [-0.3, -0.25) is 4.79 Å². The Kier molecular flexibility index (Phi) is 7.14. The summed E-state index contributed by atoms with van der Waals surface area (Å²) in [6.07, 6.45) is 8.30. The third-order valence-corrected chi connectivity index (χ3v) is 9.57. The molecule has 234 valence electrons. The van der Waals surface area contributed by atoms with Gasteiger partial charge in [0.25, 0.3) is 5.91 Å². The van der Waals surface area contributed by atoms with E-state index in [4.69, 9.17) is 9.26 Å². The van der Waals surface area contributed by atoms with E-state index in [1.54, 1.807) is 16.9 Å². The van der Waals surface area contributed by atoms with Crippen LogP contribution in [0, 0.1) is 12.3 Å². The average molecular weight is 635 g/mol. The van der Waals surface area contributed by atoms with Gasteiger partial charge in [0.15, 0.2) is 0 Å². The molecule has 0 atom stereocenters. The third kappa shape index (κ3) is 5.79. The summed E-state index contributed by atoms with van der Waals surface area (Å²) in [5.74, 6) is 0.171. The summed E-state index contributed by atoms with van der Waals surface area (Å²) in [6, 6.07) is 14.5. The fraction of sp³-hybridized carbons (Fsp3) is 0.364. The molecule has 2 aromatic heterocycles. The first-order valence-electron chi connectivity index (χ1n) is 14.9. The molecule has 3 heterocycles. The maximum absolute atomic E-state index is 13.3. The normalized spacial score (nSPS) is 17.8. The van der Waals surface area contributed by atoms with Crippen LogP contribution in [0.1, 0.15) is 65.4 Å². The number of ether oxygens (including phenoxy) is 1. The lowest BCUT2D eigenvalue weighted by Crippen LogP contribution is -2.42. The number of allylic oxidation sites excluding steroid dienone is 2. The molecule has 4 aromatic rings. The number of aryl methyl sites for hydroxylation is 1. The van der Waals surface area contributed by atoms with Crippen LogP contribution >= 0.6 is 0 Å². The fourth-order valence-electron chi connectivity index (χ4n) is 6.58. The highest BCUT2D eigenvalue weighted by atomic mass is 32.2. The predicted octanol–water partition coefficient (Wildman–Crippen LogP) is 6.44. The first kappa shape index (κ1) is 29.4. The number of rotatable bonds is 8. The monoisotopic (exact) mass is 634 g/mol. The third-order valence-electron chi connectivity index (χ3n) is 9.02. The number of carbonyl (C=O) groups excluding carboxylic acids is 1. The topological polar surface area (TPSA) is 115 Å². The van der Waals surface area contributed by atoms with Crippen LogP contribution < -0.4 is 14.4 Å². The van der Waals surface area contributed by atoms with Crippen molar-refractivity contribution in [1.82, 2.24) is 14.9 Å². The number of fused-ring (bicyclic) bond motifs is 1. The molecule has 1 amide bonds. The van der Waals surface area contributed by atoms with Crippen molar-refractivity contribution < 1.29 is 31.3 Å². The van der Waals surface area contributed by atoms with Crippen molar-refractivity contribution >= 4 is 38.1 Å². The summed E-state index contributed by atoms with van der Waals surface area (Å²) < 4.78 is 62.1. The van der Waals surface area contributed by atoms with Gasteiger partial charge in [-0.05, 0) is 73.8 Å². The molecule has 7 rings (SSSR count). The number of hydrogen-bond acceptors (Lipinski definition) is 8. The molecular formula is C33H32F2N4O5S. The number of carbonyl (C=O) groups is 1. The zero-order valence-electron chi connectivity index (χ0n) is 24.8. The van der Waals surface area contributed by atoms with Crippen LogP contribution in [-0.2, 0) is 10.0 Å². The number of halogens is 2. The van der Waals surface area contributed by atoms with Gasteiger partial charge in [-0.1, -0.05) is 35.5 Å². The van der Waals surface area contributed by atoms with Crippen molar-refractivity contribution in [3.8, 4) is 17.0 Å². The Labute approximate surface area is 259 Å². The lowest BCUT2D eigenvalue weighted by molar-refractivity contribution is -0.0488. The van der Waals surface area contributed by atoms with E-state index in [1.165, 1.54) is 11.1 Å². The summed E-state index contributed by atoms with van der Waals surface area (Å²) in [4.78, 5) is 18.8. The number of nitrogens with zero attached hydrogens (tertiary/aromatic N) is 3. The van der Waals surface area contributed by atoms with Crippen molar-refractivity contribution in [2.75, 3.05) is 24.2 Å². The number of piperidine rings is 1. The second kappa shape index (κ2) is 10.9. The molecule has 0 unspecified atom stereocenters. The Morgan fingerprint density at radius 2 is 1.87 bits per heavy atom. The second-order valence-corrected chi connectivity index (χ2v) is 14.1. The number of alkyl halides is 2. The number of amides is 1. The number of aromatic nitrogens is 2. The summed E-state index contributed by atoms with van der Waals surface area (Å²) in [7, 11) is -3.87. The van der Waals surface area contributed by atoms with Crippen LogP contribution in [0.3, 0.4) is 0 Å². The molecule has 0 bridgehead atoms. The fourth-order valence-corrected chi connectivity index (χ4v) is 7.02. The van der Waals surface area contributed by atoms with Crippen molar-refractivity contribution in [2.45, 2.75) is 51.6 Å². The Hall–Kier alpha value is -4.32. The van der Waals surface area contributed by atoms with E-state index >= 15 is 0 Å². The Morgan fingerprint density at radius 3 is 2.53 bits per heavy atom. The van der Waals surface area contributed by atoms with E-state index in [0.29, 0.717) is 11.3 Å². The maximum atomic E-state index is 13.3. The zero-order valence-corrected chi connectivity index (χ0v) is 25.7. The Morgan fingerprint density at radius 1 is 1.13 bits per heavy atom. The standard InChI is InChI=1S/C33H32F2N4O5S/c1-19-5-3-4-6-23(19)29-28(30(44-37-29)20-7-8-20)21-17-33(18-21)11-13-39(14-12-33)22-9-10-25-24(15-22)27(43-32(34)35)16-26(36-25)31(40)38-45(2,41)42/h3-6,9-10,15-17,20,32H,7-8,11-14,18H2,1-2H3,(H,38,40). The molecule has 2 aromatic carbocycles. The number of pyridine rings is 1. The molecule has 2 aliphatic carbocycles. The molecule has 0 radical (unpaired) electrons. The molecule has 1 N–H and O–H groups in total. The number of anilines is 1. The van der Waals surface area contributed by atoms with Gasteiger partial charge in [-0.25, -0.2) is 18.1 Å². The number of nitrogens with one attached hydrogen (secondary N) is 1. The number of sulfonamides is 1. The van der Waals surface area contributed by atoms with Gasteiger partial charge >= 0.3 is 6.61 Å². The van der Waals surface area contributed by atoms with Crippen molar-refractivity contribution in [3.63, 3.8) is 0 Å². The highest BCUT2D eigenvalue weighted by Gasteiger charge is 2.44. The van der Waals surface area contributed by atoms with E-state index in [0.717, 1.165) is 85.8 Å². The van der Waals surface area contributed by atoms with Crippen LogP contribution in [0.2, 0.25) is 0 Å². The lowest BCUT2D eigenvalue weighted by Gasteiger charge is -2.47. The molecule has 45 heavy (non-hydrogen) atoms. The average Bonchev–Trinajstić information content (AvgIpc) is 3.73. The highest BCUT2D eigenvalue weighted by Crippen LogP contribution is 2.56. The quantitative estimate of drug-likeness (QED) is 0.236.